The van der Waals surface area contributed by atoms with E-state index in [4.69, 9.17) is 4.74 Å². The van der Waals surface area contributed by atoms with E-state index < -0.39 is 46.5 Å². The monoisotopic (exact) mass is 509 g/mol. The van der Waals surface area contributed by atoms with E-state index in [1.54, 1.807) is 0 Å². The zero-order valence-corrected chi connectivity index (χ0v) is 22.8. The zero-order valence-electron chi connectivity index (χ0n) is 22.8. The fourth-order valence-electron chi connectivity index (χ4n) is 4.72. The van der Waals surface area contributed by atoms with Gasteiger partial charge in [0.15, 0.2) is 0 Å². The molecule has 0 bridgehead atoms. The molecule has 0 unspecified atom stereocenters. The number of carbonyl (C=O) groups excluding carboxylic acids is 2. The molecule has 1 aliphatic rings. The summed E-state index contributed by atoms with van der Waals surface area (Å²) in [7, 11) is 1.54. The molecule has 1 heterocycles. The Kier molecular flexibility index (Phi) is 8.03. The number of ether oxygens (including phenoxy) is 1. The summed E-state index contributed by atoms with van der Waals surface area (Å²) in [6.45, 7) is 11.1. The van der Waals surface area contributed by atoms with Crippen LogP contribution >= 0.6 is 0 Å². The van der Waals surface area contributed by atoms with Crippen molar-refractivity contribution in [2.45, 2.75) is 71.2 Å². The molecule has 0 radical (unpaired) electrons. The number of carboxylic acids is 1. The van der Waals surface area contributed by atoms with E-state index in [0.717, 1.165) is 16.7 Å². The van der Waals surface area contributed by atoms with Gasteiger partial charge in [0.25, 0.3) is 0 Å². The molecule has 1 fully saturated rings. The summed E-state index contributed by atoms with van der Waals surface area (Å²) in [5.74, 6) is -1.57. The Morgan fingerprint density at radius 3 is 2.03 bits per heavy atom. The van der Waals surface area contributed by atoms with Gasteiger partial charge in [0, 0.05) is 19.1 Å². The van der Waals surface area contributed by atoms with Gasteiger partial charge in [-0.05, 0) is 42.9 Å². The predicted molar refractivity (Wildman–Crippen MR) is 143 cm³/mol. The number of carbonyl (C=O) groups is 3. The summed E-state index contributed by atoms with van der Waals surface area (Å²) < 4.78 is 5.95. The van der Waals surface area contributed by atoms with Gasteiger partial charge in [-0.2, -0.15) is 0 Å². The molecular formula is C29H39N3O5. The van der Waals surface area contributed by atoms with Gasteiger partial charge in [0.1, 0.15) is 17.7 Å². The highest BCUT2D eigenvalue weighted by molar-refractivity contribution is 5.91. The van der Waals surface area contributed by atoms with Crippen LogP contribution in [0.5, 0.6) is 0 Å². The highest BCUT2D eigenvalue weighted by Crippen LogP contribution is 2.41. The first-order chi connectivity index (χ1) is 17.2. The number of hydrogen-bond donors (Lipinski definition) is 3. The lowest BCUT2D eigenvalue weighted by Crippen LogP contribution is -2.60. The third kappa shape index (κ3) is 6.49. The fourth-order valence-corrected chi connectivity index (χ4v) is 4.72. The van der Waals surface area contributed by atoms with E-state index in [0.29, 0.717) is 0 Å². The van der Waals surface area contributed by atoms with Crippen LogP contribution in [0.3, 0.4) is 0 Å². The van der Waals surface area contributed by atoms with Gasteiger partial charge < -0.3 is 25.4 Å². The van der Waals surface area contributed by atoms with Crippen LogP contribution in [0.25, 0.3) is 11.1 Å². The second kappa shape index (κ2) is 10.5. The number of urea groups is 1. The standard InChI is InChI=1S/C29H39N3O5/c1-27(2,3)23(30-26(36)31-28(4,5)6)24(33)32-18-29(37-7,17-22(32)25(34)35)21-15-13-20(14-16-21)19-11-9-8-10-12-19/h8-16,22-23H,17-18H2,1-7H3,(H,34,35)(H2,30,31,36)/t22-,23+,29-/m0/s1. The Morgan fingerprint density at radius 2 is 1.54 bits per heavy atom. The molecule has 3 atom stereocenters. The van der Waals surface area contributed by atoms with Gasteiger partial charge in [-0.25, -0.2) is 9.59 Å². The van der Waals surface area contributed by atoms with Crippen LogP contribution in [0.2, 0.25) is 0 Å². The van der Waals surface area contributed by atoms with Gasteiger partial charge >= 0.3 is 12.0 Å². The van der Waals surface area contributed by atoms with E-state index in [2.05, 4.69) is 10.6 Å². The van der Waals surface area contributed by atoms with Crippen molar-refractivity contribution in [1.82, 2.24) is 15.5 Å². The van der Waals surface area contributed by atoms with Gasteiger partial charge in [0.05, 0.1) is 6.54 Å². The minimum absolute atomic E-state index is 0.0547. The highest BCUT2D eigenvalue weighted by Gasteiger charge is 2.52. The van der Waals surface area contributed by atoms with Crippen LogP contribution in [0, 0.1) is 5.41 Å². The Balaban J connectivity index is 1.92. The number of nitrogens with zero attached hydrogens (tertiary/aromatic N) is 1. The molecule has 3 rings (SSSR count). The van der Waals surface area contributed by atoms with Crippen LogP contribution in [0.1, 0.15) is 53.5 Å². The van der Waals surface area contributed by atoms with E-state index in [-0.39, 0.29) is 13.0 Å². The van der Waals surface area contributed by atoms with Crippen molar-refractivity contribution >= 4 is 17.9 Å². The lowest BCUT2D eigenvalue weighted by atomic mass is 9.85. The Morgan fingerprint density at radius 1 is 0.973 bits per heavy atom. The van der Waals surface area contributed by atoms with Crippen molar-refractivity contribution < 1.29 is 24.2 Å². The molecule has 2 aromatic carbocycles. The highest BCUT2D eigenvalue weighted by atomic mass is 16.5. The Hall–Kier alpha value is -3.39. The quantitative estimate of drug-likeness (QED) is 0.535. The van der Waals surface area contributed by atoms with Crippen molar-refractivity contribution in [2.24, 2.45) is 5.41 Å². The fraction of sp³-hybridized carbons (Fsp3) is 0.483. The molecule has 3 N–H and O–H groups in total. The molecule has 2 aromatic rings. The lowest BCUT2D eigenvalue weighted by Gasteiger charge is -2.36. The van der Waals surface area contributed by atoms with Crippen LogP contribution in [0.15, 0.2) is 54.6 Å². The molecule has 3 amide bonds. The smallest absolute Gasteiger partial charge is 0.326 e. The number of methoxy groups -OCH3 is 1. The number of nitrogens with one attached hydrogen (secondary N) is 2. The van der Waals surface area contributed by atoms with Gasteiger partial charge in [-0.3, -0.25) is 4.79 Å². The summed E-state index contributed by atoms with van der Waals surface area (Å²) in [5, 5.41) is 15.7. The molecule has 8 heteroatoms. The molecule has 1 saturated heterocycles. The Labute approximate surface area is 219 Å². The zero-order chi connectivity index (χ0) is 27.6. The van der Waals surface area contributed by atoms with Gasteiger partial charge in [-0.1, -0.05) is 75.4 Å². The first kappa shape index (κ1) is 28.2. The second-order valence-electron chi connectivity index (χ2n) is 11.8. The summed E-state index contributed by atoms with van der Waals surface area (Å²) in [6, 6.07) is 15.2. The number of likely N-dealkylation sites (tertiary alicyclic amines) is 1. The summed E-state index contributed by atoms with van der Waals surface area (Å²) in [5.41, 5.74) is 0.735. The predicted octanol–water partition coefficient (Wildman–Crippen LogP) is 4.39. The van der Waals surface area contributed by atoms with Gasteiger partial charge in [0.2, 0.25) is 5.91 Å². The lowest BCUT2D eigenvalue weighted by molar-refractivity contribution is -0.150. The molecule has 0 aromatic heterocycles. The molecule has 0 aliphatic carbocycles. The van der Waals surface area contributed by atoms with Gasteiger partial charge in [-0.15, -0.1) is 0 Å². The SMILES string of the molecule is CO[C@@]1(c2ccc(-c3ccccc3)cc2)C[C@@H](C(=O)O)N(C(=O)[C@@H](NC(=O)NC(C)(C)C)C(C)(C)C)C1. The van der Waals surface area contributed by atoms with Crippen molar-refractivity contribution in [3.63, 3.8) is 0 Å². The van der Waals surface area contributed by atoms with Crippen molar-refractivity contribution in [3.8, 4) is 11.1 Å². The second-order valence-corrected chi connectivity index (χ2v) is 11.8. The van der Waals surface area contributed by atoms with Crippen LogP contribution < -0.4 is 10.6 Å². The molecule has 1 aliphatic heterocycles. The maximum Gasteiger partial charge on any atom is 0.326 e. The van der Waals surface area contributed by atoms with Crippen LogP contribution in [-0.2, 0) is 19.9 Å². The first-order valence-electron chi connectivity index (χ1n) is 12.5. The summed E-state index contributed by atoms with van der Waals surface area (Å²) in [6.07, 6.45) is 0.0975. The van der Waals surface area contributed by atoms with E-state index in [9.17, 15) is 19.5 Å². The third-order valence-corrected chi connectivity index (χ3v) is 6.68. The normalized spacial score (nSPS) is 20.8. The largest absolute Gasteiger partial charge is 0.480 e. The van der Waals surface area contributed by atoms with E-state index >= 15 is 0 Å². The number of benzene rings is 2. The average molecular weight is 510 g/mol. The molecular weight excluding hydrogens is 470 g/mol. The molecule has 0 saturated carbocycles. The number of hydrogen-bond acceptors (Lipinski definition) is 4. The van der Waals surface area contributed by atoms with E-state index in [1.165, 1.54) is 12.0 Å². The maximum absolute atomic E-state index is 13.8. The minimum Gasteiger partial charge on any atom is -0.480 e. The molecule has 0 spiro atoms. The van der Waals surface area contributed by atoms with Crippen LogP contribution in [-0.4, -0.2) is 59.2 Å². The minimum atomic E-state index is -1.11. The van der Waals surface area contributed by atoms with Crippen LogP contribution in [0.4, 0.5) is 4.79 Å². The topological polar surface area (TPSA) is 108 Å². The molecule has 200 valence electrons. The molecule has 37 heavy (non-hydrogen) atoms. The van der Waals surface area contributed by atoms with Crippen molar-refractivity contribution in [1.29, 1.82) is 0 Å². The Bertz CT molecular complexity index is 1120. The van der Waals surface area contributed by atoms with Crippen molar-refractivity contribution in [2.75, 3.05) is 13.7 Å². The third-order valence-electron chi connectivity index (χ3n) is 6.68. The van der Waals surface area contributed by atoms with E-state index in [1.807, 2.05) is 96.1 Å². The number of carboxylic acid groups (broad SMARTS) is 1. The molecule has 8 nitrogen and oxygen atoms in total. The number of aliphatic carboxylic acids is 1. The average Bonchev–Trinajstić information content (AvgIpc) is 3.23. The first-order valence-corrected chi connectivity index (χ1v) is 12.5. The maximum atomic E-state index is 13.8. The number of amides is 3. The number of rotatable bonds is 6. The summed E-state index contributed by atoms with van der Waals surface area (Å²) >= 11 is 0. The van der Waals surface area contributed by atoms with Crippen molar-refractivity contribution in [3.05, 3.63) is 60.2 Å². The summed E-state index contributed by atoms with van der Waals surface area (Å²) in [4.78, 5) is 40.2.